The first-order chi connectivity index (χ1) is 18.3. The normalized spacial score (nSPS) is 20.1. The van der Waals surface area contributed by atoms with E-state index in [9.17, 15) is 20.4 Å². The number of aliphatic hydroxyl groups excluding tert-OH is 4. The molecule has 5 rings (SSSR count). The van der Waals surface area contributed by atoms with Gasteiger partial charge in [0.2, 0.25) is 0 Å². The lowest BCUT2D eigenvalue weighted by atomic mass is 9.83. The zero-order chi connectivity index (χ0) is 26.9. The summed E-state index contributed by atoms with van der Waals surface area (Å²) in [5.74, 6) is 0. The third kappa shape index (κ3) is 5.29. The van der Waals surface area contributed by atoms with Crippen molar-refractivity contribution in [2.45, 2.75) is 37.1 Å². The van der Waals surface area contributed by atoms with Crippen LogP contribution in [0.15, 0.2) is 60.7 Å². The SMILES string of the molecule is CC(CO)(CO)c1ccc(-c2ccc(-c3cc4nc(O[C@H]5CO[C@H](CO)[C@@H](O)C5)[nH]c4cc3Cl)cc2)cc1. The van der Waals surface area contributed by atoms with E-state index in [-0.39, 0.29) is 32.5 Å². The van der Waals surface area contributed by atoms with Gasteiger partial charge in [-0.05, 0) is 34.4 Å². The molecule has 4 aromatic rings. The van der Waals surface area contributed by atoms with Crippen molar-refractivity contribution in [2.24, 2.45) is 0 Å². The molecule has 200 valence electrons. The fourth-order valence-corrected chi connectivity index (χ4v) is 4.94. The van der Waals surface area contributed by atoms with E-state index >= 15 is 0 Å². The van der Waals surface area contributed by atoms with E-state index in [1.807, 2.05) is 67.6 Å². The summed E-state index contributed by atoms with van der Waals surface area (Å²) in [5, 5.41) is 39.2. The third-order valence-corrected chi connectivity index (χ3v) is 7.56. The van der Waals surface area contributed by atoms with Gasteiger partial charge in [0, 0.05) is 17.4 Å². The monoisotopic (exact) mass is 538 g/mol. The van der Waals surface area contributed by atoms with Crippen molar-refractivity contribution >= 4 is 22.6 Å². The molecule has 0 unspecified atom stereocenters. The second-order valence-electron chi connectivity index (χ2n) is 10.0. The molecular formula is C29H31ClN2O6. The highest BCUT2D eigenvalue weighted by Crippen LogP contribution is 2.34. The smallest absolute Gasteiger partial charge is 0.294 e. The Balaban J connectivity index is 1.33. The van der Waals surface area contributed by atoms with Crippen molar-refractivity contribution in [3.63, 3.8) is 0 Å². The lowest BCUT2D eigenvalue weighted by Crippen LogP contribution is -2.45. The van der Waals surface area contributed by atoms with Gasteiger partial charge in [-0.1, -0.05) is 67.1 Å². The standard InChI is InChI=1S/C29H31ClN2O6/c1-29(15-34,16-35)20-8-6-18(7-9-20)17-2-4-19(5-3-17)22-11-24-25(12-23(22)30)32-28(31-24)38-21-10-26(36)27(13-33)37-14-21/h2-9,11-12,21,26-27,33-36H,10,13-16H2,1H3,(H,31,32)/t21-,26+,27-/m1/s1. The van der Waals surface area contributed by atoms with E-state index in [1.54, 1.807) is 0 Å². The number of hydrogen-bond acceptors (Lipinski definition) is 7. The van der Waals surface area contributed by atoms with Gasteiger partial charge < -0.3 is 34.9 Å². The van der Waals surface area contributed by atoms with E-state index in [0.29, 0.717) is 23.0 Å². The third-order valence-electron chi connectivity index (χ3n) is 7.25. The van der Waals surface area contributed by atoms with Gasteiger partial charge in [-0.2, -0.15) is 4.98 Å². The average Bonchev–Trinajstić information content (AvgIpc) is 3.33. The summed E-state index contributed by atoms with van der Waals surface area (Å²) in [4.78, 5) is 7.67. The fraction of sp³-hybridized carbons (Fsp3) is 0.345. The Morgan fingerprint density at radius 1 is 1.00 bits per heavy atom. The Kier molecular flexibility index (Phi) is 7.72. The molecule has 0 saturated carbocycles. The number of aromatic nitrogens is 2. The maximum absolute atomic E-state index is 10.1. The second kappa shape index (κ2) is 11.0. The summed E-state index contributed by atoms with van der Waals surface area (Å²) >= 11 is 6.63. The number of benzene rings is 3. The molecule has 1 aliphatic heterocycles. The first-order valence-corrected chi connectivity index (χ1v) is 12.9. The molecule has 9 heteroatoms. The van der Waals surface area contributed by atoms with Crippen molar-refractivity contribution in [1.82, 2.24) is 9.97 Å². The minimum Gasteiger partial charge on any atom is -0.459 e. The number of hydrogen-bond donors (Lipinski definition) is 5. The van der Waals surface area contributed by atoms with E-state index < -0.39 is 17.6 Å². The molecule has 0 amide bonds. The summed E-state index contributed by atoms with van der Waals surface area (Å²) in [6.45, 7) is 1.59. The largest absolute Gasteiger partial charge is 0.459 e. The predicted molar refractivity (Wildman–Crippen MR) is 145 cm³/mol. The quantitative estimate of drug-likeness (QED) is 0.231. The molecule has 38 heavy (non-hydrogen) atoms. The number of nitrogens with zero attached hydrogens (tertiary/aromatic N) is 1. The number of imidazole rings is 1. The van der Waals surface area contributed by atoms with Gasteiger partial charge in [0.25, 0.3) is 6.01 Å². The minimum absolute atomic E-state index is 0.130. The zero-order valence-electron chi connectivity index (χ0n) is 21.0. The van der Waals surface area contributed by atoms with Crippen LogP contribution in [0.25, 0.3) is 33.3 Å². The van der Waals surface area contributed by atoms with Crippen LogP contribution >= 0.6 is 11.6 Å². The lowest BCUT2D eigenvalue weighted by molar-refractivity contribution is -0.131. The first-order valence-electron chi connectivity index (χ1n) is 12.5. The number of aromatic amines is 1. The number of rotatable bonds is 8. The van der Waals surface area contributed by atoms with E-state index in [1.165, 1.54) is 0 Å². The fourth-order valence-electron chi connectivity index (χ4n) is 4.67. The molecule has 1 saturated heterocycles. The number of H-pyrrole nitrogens is 1. The van der Waals surface area contributed by atoms with Gasteiger partial charge in [-0.25, -0.2) is 0 Å². The topological polar surface area (TPSA) is 128 Å². The van der Waals surface area contributed by atoms with Crippen LogP contribution in [0.5, 0.6) is 6.01 Å². The van der Waals surface area contributed by atoms with Crippen LogP contribution in [0.3, 0.4) is 0 Å². The number of ether oxygens (including phenoxy) is 2. The van der Waals surface area contributed by atoms with Gasteiger partial charge in [0.05, 0.1) is 48.6 Å². The Morgan fingerprint density at radius 2 is 1.63 bits per heavy atom. The van der Waals surface area contributed by atoms with Crippen LogP contribution < -0.4 is 4.74 Å². The molecule has 3 atom stereocenters. The van der Waals surface area contributed by atoms with Crippen LogP contribution in [0.1, 0.15) is 18.9 Å². The summed E-state index contributed by atoms with van der Waals surface area (Å²) in [6.07, 6.45) is -1.44. The summed E-state index contributed by atoms with van der Waals surface area (Å²) in [6, 6.07) is 19.9. The second-order valence-corrected chi connectivity index (χ2v) is 10.4. The molecule has 1 aromatic heterocycles. The molecule has 3 aromatic carbocycles. The summed E-state index contributed by atoms with van der Waals surface area (Å²) in [7, 11) is 0. The van der Waals surface area contributed by atoms with Gasteiger partial charge in [-0.15, -0.1) is 0 Å². The zero-order valence-corrected chi connectivity index (χ0v) is 21.7. The molecule has 2 heterocycles. The molecule has 0 spiro atoms. The van der Waals surface area contributed by atoms with Crippen molar-refractivity contribution in [3.05, 3.63) is 71.2 Å². The van der Waals surface area contributed by atoms with Crippen LogP contribution in [0.4, 0.5) is 0 Å². The highest BCUT2D eigenvalue weighted by atomic mass is 35.5. The molecule has 1 fully saturated rings. The Hall–Kier alpha value is -2.98. The van der Waals surface area contributed by atoms with Crippen LogP contribution in [0, 0.1) is 0 Å². The molecular weight excluding hydrogens is 508 g/mol. The van der Waals surface area contributed by atoms with Gasteiger partial charge >= 0.3 is 0 Å². The average molecular weight is 539 g/mol. The number of fused-ring (bicyclic) bond motifs is 1. The Bertz CT molecular complexity index is 1380. The van der Waals surface area contributed by atoms with Crippen LogP contribution in [-0.4, -0.2) is 75.1 Å². The molecule has 0 radical (unpaired) electrons. The van der Waals surface area contributed by atoms with Crippen molar-refractivity contribution in [1.29, 1.82) is 0 Å². The lowest BCUT2D eigenvalue weighted by Gasteiger charge is -2.31. The molecule has 5 N–H and O–H groups in total. The summed E-state index contributed by atoms with van der Waals surface area (Å²) in [5.41, 5.74) is 5.46. The Labute approximate surface area is 225 Å². The number of aliphatic hydroxyl groups is 4. The maximum atomic E-state index is 10.1. The molecule has 1 aliphatic rings. The highest BCUT2D eigenvalue weighted by molar-refractivity contribution is 6.34. The number of halogens is 1. The van der Waals surface area contributed by atoms with Crippen LogP contribution in [-0.2, 0) is 10.2 Å². The van der Waals surface area contributed by atoms with Gasteiger partial charge in [0.15, 0.2) is 0 Å². The molecule has 8 nitrogen and oxygen atoms in total. The van der Waals surface area contributed by atoms with Crippen LogP contribution in [0.2, 0.25) is 5.02 Å². The highest BCUT2D eigenvalue weighted by Gasteiger charge is 2.31. The summed E-state index contributed by atoms with van der Waals surface area (Å²) < 4.78 is 11.4. The molecule has 0 aliphatic carbocycles. The molecule has 0 bridgehead atoms. The Morgan fingerprint density at radius 3 is 2.24 bits per heavy atom. The van der Waals surface area contributed by atoms with Crippen molar-refractivity contribution in [3.8, 4) is 28.3 Å². The maximum Gasteiger partial charge on any atom is 0.294 e. The van der Waals surface area contributed by atoms with E-state index in [0.717, 1.165) is 33.3 Å². The van der Waals surface area contributed by atoms with Gasteiger partial charge in [0.1, 0.15) is 12.2 Å². The van der Waals surface area contributed by atoms with Crippen molar-refractivity contribution < 1.29 is 29.9 Å². The van der Waals surface area contributed by atoms with E-state index in [4.69, 9.17) is 21.1 Å². The predicted octanol–water partition coefficient (Wildman–Crippen LogP) is 3.68. The minimum atomic E-state index is -0.800. The van der Waals surface area contributed by atoms with Gasteiger partial charge in [-0.3, -0.25) is 0 Å². The number of nitrogens with one attached hydrogen (secondary N) is 1. The van der Waals surface area contributed by atoms with E-state index in [2.05, 4.69) is 9.97 Å². The first kappa shape index (κ1) is 26.6. The van der Waals surface area contributed by atoms with Crippen molar-refractivity contribution in [2.75, 3.05) is 26.4 Å².